The Bertz CT molecular complexity index is 1540. The summed E-state index contributed by atoms with van der Waals surface area (Å²) in [5.41, 5.74) is 7.16. The van der Waals surface area contributed by atoms with Crippen LogP contribution in [-0.2, 0) is 4.79 Å². The molecule has 3 aromatic heterocycles. The molecule has 0 spiro atoms. The number of nitrogens with two attached hydrogens (primary N) is 1. The third kappa shape index (κ3) is 7.60. The van der Waals surface area contributed by atoms with Crippen LogP contribution in [0.15, 0.2) is 30.6 Å². The summed E-state index contributed by atoms with van der Waals surface area (Å²) in [5.74, 6) is -4.90. The molecular weight excluding hydrogens is 617 g/mol. The van der Waals surface area contributed by atoms with Gasteiger partial charge in [-0.2, -0.15) is 36.0 Å². The number of rotatable bonds is 7. The van der Waals surface area contributed by atoms with Gasteiger partial charge in [0.05, 0.1) is 10.7 Å². The van der Waals surface area contributed by atoms with Crippen molar-refractivity contribution in [3.63, 3.8) is 0 Å². The fraction of sp³-hybridized carbons (Fsp3) is 0.200. The van der Waals surface area contributed by atoms with Gasteiger partial charge in [-0.1, -0.05) is 34.5 Å². The maximum atomic E-state index is 12.6. The zero-order chi connectivity index (χ0) is 29.8. The Morgan fingerprint density at radius 2 is 1.68 bits per heavy atom. The highest BCUT2D eigenvalue weighted by molar-refractivity contribution is 7.18. The van der Waals surface area contributed by atoms with Gasteiger partial charge in [0.2, 0.25) is 5.95 Å². The number of nitrogens with one attached hydrogen (secondary N) is 2. The van der Waals surface area contributed by atoms with Crippen LogP contribution in [0.1, 0.15) is 9.67 Å². The molecule has 20 heteroatoms. The Hall–Kier alpha value is -3.90. The van der Waals surface area contributed by atoms with Crippen LogP contribution in [0.25, 0.3) is 16.9 Å². The largest absolute Gasteiger partial charge is 0.490 e. The molecule has 0 aliphatic carbocycles. The molecule has 0 aliphatic heterocycles. The summed E-state index contributed by atoms with van der Waals surface area (Å²) in [7, 11) is 0. The van der Waals surface area contributed by atoms with Crippen molar-refractivity contribution in [2.45, 2.75) is 12.4 Å². The number of anilines is 3. The van der Waals surface area contributed by atoms with Crippen LogP contribution in [0.4, 0.5) is 43.2 Å². The van der Waals surface area contributed by atoms with E-state index in [-0.39, 0.29) is 18.2 Å². The number of aliphatic carboxylic acids is 1. The number of hydrogen-bond donors (Lipinski definition) is 4. The topological polar surface area (TPSA) is 160 Å². The Morgan fingerprint density at radius 3 is 2.27 bits per heavy atom. The van der Waals surface area contributed by atoms with E-state index in [9.17, 15) is 31.1 Å². The van der Waals surface area contributed by atoms with Crippen molar-refractivity contribution in [1.82, 2.24) is 24.6 Å². The minimum Gasteiger partial charge on any atom is -0.475 e. The number of carboxylic acids is 1. The van der Waals surface area contributed by atoms with Gasteiger partial charge in [0.1, 0.15) is 17.0 Å². The van der Waals surface area contributed by atoms with Crippen molar-refractivity contribution >= 4 is 68.8 Å². The summed E-state index contributed by atoms with van der Waals surface area (Å²) in [6.07, 6.45) is -8.74. The molecule has 3 heterocycles. The molecule has 0 fully saturated rings. The first kappa shape index (κ1) is 30.6. The highest BCUT2D eigenvalue weighted by Gasteiger charge is 2.42. The van der Waals surface area contributed by atoms with Gasteiger partial charge < -0.3 is 21.5 Å². The molecule has 214 valence electrons. The minimum absolute atomic E-state index is 0.0856. The van der Waals surface area contributed by atoms with Crippen molar-refractivity contribution in [1.29, 1.82) is 0 Å². The molecule has 4 rings (SSSR count). The number of aromatic nitrogens is 5. The smallest absolute Gasteiger partial charge is 0.475 e. The summed E-state index contributed by atoms with van der Waals surface area (Å²) in [6, 6.07) is 6.73. The molecule has 40 heavy (non-hydrogen) atoms. The second-order valence-electron chi connectivity index (χ2n) is 7.34. The van der Waals surface area contributed by atoms with Crippen LogP contribution < -0.4 is 16.4 Å². The number of carbonyl (C=O) groups excluding carboxylic acids is 1. The molecule has 1 aromatic carbocycles. The van der Waals surface area contributed by atoms with E-state index in [2.05, 4.69) is 30.7 Å². The average molecular weight is 631 g/mol. The second kappa shape index (κ2) is 12.1. The summed E-state index contributed by atoms with van der Waals surface area (Å²) < 4.78 is 71.1. The predicted octanol–water partition coefficient (Wildman–Crippen LogP) is 5.04. The van der Waals surface area contributed by atoms with E-state index in [0.717, 1.165) is 0 Å². The van der Waals surface area contributed by atoms with E-state index in [0.29, 0.717) is 44.2 Å². The van der Waals surface area contributed by atoms with E-state index in [4.69, 9.17) is 38.8 Å². The van der Waals surface area contributed by atoms with Gasteiger partial charge >= 0.3 is 18.3 Å². The van der Waals surface area contributed by atoms with Crippen molar-refractivity contribution < 1.29 is 41.0 Å². The number of carboxylic acid groups (broad SMARTS) is 1. The van der Waals surface area contributed by atoms with Crippen molar-refractivity contribution in [3.05, 3.63) is 45.5 Å². The van der Waals surface area contributed by atoms with Crippen LogP contribution in [0.5, 0.6) is 0 Å². The maximum absolute atomic E-state index is 12.6. The molecule has 0 aliphatic rings. The SMILES string of the molecule is Nc1nc(NCCNc2nc(-c3ccc(Cl)cc3Cl)cc3ncnn23)sc1C(=O)C(F)(F)F.O=C(O)C(F)(F)F. The number of alkyl halides is 6. The number of ketones is 1. The van der Waals surface area contributed by atoms with Crippen LogP contribution >= 0.6 is 34.5 Å². The number of Topliss-reactive ketones (excluding diaryl/α,β-unsaturated/α-hetero) is 1. The summed E-state index contributed by atoms with van der Waals surface area (Å²) in [6.45, 7) is 0.512. The standard InChI is InChI=1S/C18H13Cl2F3N8OS.C2HF3O2/c19-8-1-2-9(10(20)5-8)11-6-12-27-7-28-31(12)16(29-11)25-3-4-26-17-30-15(24)13(33-17)14(32)18(21,22)23;3-2(4,5)1(6)7/h1-2,5-7H,3-4,24H2,(H,25,29)(H,26,30);(H,6,7). The zero-order valence-electron chi connectivity index (χ0n) is 19.3. The first-order chi connectivity index (χ1) is 18.6. The van der Waals surface area contributed by atoms with Crippen LogP contribution in [-0.4, -0.2) is 66.9 Å². The van der Waals surface area contributed by atoms with Gasteiger partial charge in [0.25, 0.3) is 5.78 Å². The third-order valence-corrected chi connectivity index (χ3v) is 6.09. The molecule has 5 N–H and O–H groups in total. The molecule has 11 nitrogen and oxygen atoms in total. The lowest BCUT2D eigenvalue weighted by Crippen LogP contribution is -2.22. The van der Waals surface area contributed by atoms with Gasteiger partial charge in [-0.05, 0) is 18.2 Å². The third-order valence-electron chi connectivity index (χ3n) is 4.52. The van der Waals surface area contributed by atoms with Gasteiger partial charge in [-0.25, -0.2) is 19.7 Å². The van der Waals surface area contributed by atoms with Gasteiger partial charge in [0, 0.05) is 29.7 Å². The second-order valence-corrected chi connectivity index (χ2v) is 9.18. The Balaban J connectivity index is 0.000000559. The lowest BCUT2D eigenvalue weighted by Gasteiger charge is -2.11. The number of nitrogens with zero attached hydrogens (tertiary/aromatic N) is 5. The normalized spacial score (nSPS) is 11.6. The summed E-state index contributed by atoms with van der Waals surface area (Å²) in [5, 5.41) is 18.1. The Morgan fingerprint density at radius 1 is 1.02 bits per heavy atom. The molecular formula is C20H14Cl2F6N8O3S. The Labute approximate surface area is 233 Å². The molecule has 0 unspecified atom stereocenters. The number of hydrogen-bond acceptors (Lipinski definition) is 10. The molecule has 0 bridgehead atoms. The molecule has 0 saturated heterocycles. The maximum Gasteiger partial charge on any atom is 0.490 e. The summed E-state index contributed by atoms with van der Waals surface area (Å²) in [4.78, 5) is 32.1. The fourth-order valence-corrected chi connectivity index (χ4v) is 4.20. The van der Waals surface area contributed by atoms with E-state index in [1.807, 2.05) is 0 Å². The quantitative estimate of drug-likeness (QED) is 0.124. The number of halogens is 8. The molecule has 0 radical (unpaired) electrons. The lowest BCUT2D eigenvalue weighted by molar-refractivity contribution is -0.192. The number of thiazole rings is 1. The van der Waals surface area contributed by atoms with E-state index in [1.54, 1.807) is 24.3 Å². The first-order valence-electron chi connectivity index (χ1n) is 10.4. The highest BCUT2D eigenvalue weighted by Crippen LogP contribution is 2.32. The molecule has 0 saturated carbocycles. The minimum atomic E-state index is -5.08. The van der Waals surface area contributed by atoms with Crippen LogP contribution in [0.2, 0.25) is 10.0 Å². The van der Waals surface area contributed by atoms with Gasteiger partial charge in [0.15, 0.2) is 10.8 Å². The monoisotopic (exact) mass is 630 g/mol. The van der Waals surface area contributed by atoms with E-state index >= 15 is 0 Å². The van der Waals surface area contributed by atoms with Crippen molar-refractivity contribution in [3.8, 4) is 11.3 Å². The predicted molar refractivity (Wildman–Crippen MR) is 134 cm³/mol. The van der Waals surface area contributed by atoms with Crippen LogP contribution in [0, 0.1) is 0 Å². The van der Waals surface area contributed by atoms with E-state index < -0.39 is 34.8 Å². The Kier molecular flexibility index (Phi) is 9.26. The molecule has 0 atom stereocenters. The number of carbonyl (C=O) groups is 2. The lowest BCUT2D eigenvalue weighted by atomic mass is 10.1. The average Bonchev–Trinajstić information content (AvgIpc) is 3.46. The first-order valence-corrected chi connectivity index (χ1v) is 12.0. The highest BCUT2D eigenvalue weighted by atomic mass is 35.5. The van der Waals surface area contributed by atoms with Crippen molar-refractivity contribution in [2.75, 3.05) is 29.5 Å². The van der Waals surface area contributed by atoms with Crippen LogP contribution in [0.3, 0.4) is 0 Å². The molecule has 0 amide bonds. The number of benzene rings is 1. The number of nitrogen functional groups attached to an aromatic ring is 1. The van der Waals surface area contributed by atoms with Gasteiger partial charge in [-0.15, -0.1) is 0 Å². The number of fused-ring (bicyclic) bond motifs is 1. The fourth-order valence-electron chi connectivity index (χ4n) is 2.82. The zero-order valence-corrected chi connectivity index (χ0v) is 21.6. The summed E-state index contributed by atoms with van der Waals surface area (Å²) >= 11 is 12.8. The van der Waals surface area contributed by atoms with Crippen molar-refractivity contribution in [2.24, 2.45) is 0 Å². The van der Waals surface area contributed by atoms with Gasteiger partial charge in [-0.3, -0.25) is 4.79 Å². The van der Waals surface area contributed by atoms with E-state index in [1.165, 1.54) is 10.8 Å². The molecule has 4 aromatic rings.